The number of benzene rings is 2. The molecule has 3 heteroatoms. The van der Waals surface area contributed by atoms with Gasteiger partial charge in [-0.1, -0.05) is 29.8 Å². The van der Waals surface area contributed by atoms with Gasteiger partial charge in [-0.25, -0.2) is 9.55 Å². The number of fused-ring (bicyclic) bond motifs is 5. The third-order valence-electron chi connectivity index (χ3n) is 5.05. The fourth-order valence-corrected chi connectivity index (χ4v) is 3.89. The quantitative estimate of drug-likeness (QED) is 0.425. The van der Waals surface area contributed by atoms with Gasteiger partial charge in [-0.2, -0.15) is 0 Å². The lowest BCUT2D eigenvalue weighted by atomic mass is 10.0. The highest BCUT2D eigenvalue weighted by molar-refractivity contribution is 5.80. The minimum atomic E-state index is -2.09. The lowest BCUT2D eigenvalue weighted by molar-refractivity contribution is -0.660. The number of nitrogens with zero attached hydrogens (tertiary/aromatic N) is 3. The molecule has 5 rings (SSSR count). The third-order valence-corrected chi connectivity index (χ3v) is 5.05. The molecule has 0 radical (unpaired) electrons. The van der Waals surface area contributed by atoms with Gasteiger partial charge in [0.1, 0.15) is 12.9 Å². The van der Waals surface area contributed by atoms with Gasteiger partial charge in [0.25, 0.3) is 0 Å². The molecule has 3 nitrogen and oxygen atoms in total. The highest BCUT2D eigenvalue weighted by Gasteiger charge is 2.27. The van der Waals surface area contributed by atoms with Crippen LogP contribution in [0.25, 0.3) is 28.0 Å². The second-order valence-corrected chi connectivity index (χ2v) is 6.74. The summed E-state index contributed by atoms with van der Waals surface area (Å²) in [5, 5.41) is 0. The van der Waals surface area contributed by atoms with E-state index < -0.39 is 6.85 Å². The summed E-state index contributed by atoms with van der Waals surface area (Å²) in [7, 11) is 2.03. The van der Waals surface area contributed by atoms with Crippen LogP contribution in [0.4, 0.5) is 0 Å². The molecule has 4 aromatic rings. The maximum absolute atomic E-state index is 7.65. The minimum absolute atomic E-state index is 0.375. The first-order chi connectivity index (χ1) is 13.3. The van der Waals surface area contributed by atoms with E-state index in [-0.39, 0.29) is 0 Å². The molecule has 0 spiro atoms. The molecule has 0 N–H and O–H groups in total. The van der Waals surface area contributed by atoms with Crippen LogP contribution < -0.4 is 4.57 Å². The highest BCUT2D eigenvalue weighted by atomic mass is 15.1. The van der Waals surface area contributed by atoms with E-state index >= 15 is 0 Å². The van der Waals surface area contributed by atoms with Crippen LogP contribution >= 0.6 is 0 Å². The summed E-state index contributed by atoms with van der Waals surface area (Å²) in [6, 6.07) is 15.8. The zero-order valence-corrected chi connectivity index (χ0v) is 14.2. The van der Waals surface area contributed by atoms with E-state index in [0.717, 1.165) is 45.8 Å². The standard InChI is InChI=1S/C22H20N3/c1-14-8-9-17(15(2)10-14)21-12-20-16(13-24(21)3)11-22-23-18-6-4-5-7-19(18)25(20)22/h4-10,12-13H,11H2,1-3H3/q+1/i1D3. The SMILES string of the molecule is [2H]C([2H])([2H])c1ccc(-c2cc3c(c[n+]2C)Cc2nc4ccccc4n2-3)c(C)c1. The molecule has 0 saturated carbocycles. The van der Waals surface area contributed by atoms with Crippen molar-refractivity contribution in [1.82, 2.24) is 9.55 Å². The Kier molecular flexibility index (Phi) is 2.33. The summed E-state index contributed by atoms with van der Waals surface area (Å²) >= 11 is 0. The van der Waals surface area contributed by atoms with Crippen LogP contribution in [0.2, 0.25) is 0 Å². The molecule has 25 heavy (non-hydrogen) atoms. The first-order valence-electron chi connectivity index (χ1n) is 9.94. The number of para-hydroxylation sites is 2. The molecule has 1 aliphatic rings. The van der Waals surface area contributed by atoms with Crippen LogP contribution in [0.3, 0.4) is 0 Å². The normalized spacial score (nSPS) is 14.7. The molecular formula is C22H20N3+. The fraction of sp³-hybridized carbons (Fsp3) is 0.182. The van der Waals surface area contributed by atoms with E-state index in [1.807, 2.05) is 38.2 Å². The molecule has 122 valence electrons. The van der Waals surface area contributed by atoms with Crippen molar-refractivity contribution in [3.63, 3.8) is 0 Å². The topological polar surface area (TPSA) is 21.7 Å². The second-order valence-electron chi connectivity index (χ2n) is 6.74. The molecule has 0 bridgehead atoms. The monoisotopic (exact) mass is 329 g/mol. The molecule has 0 unspecified atom stereocenters. The van der Waals surface area contributed by atoms with Crippen LogP contribution in [0, 0.1) is 13.8 Å². The second kappa shape index (κ2) is 5.03. The van der Waals surface area contributed by atoms with E-state index in [1.54, 1.807) is 12.1 Å². The summed E-state index contributed by atoms with van der Waals surface area (Å²) < 4.78 is 27.3. The third kappa shape index (κ3) is 2.05. The molecule has 2 aromatic carbocycles. The summed E-state index contributed by atoms with van der Waals surface area (Å²) in [6.07, 6.45) is 2.97. The number of hydrogen-bond acceptors (Lipinski definition) is 1. The van der Waals surface area contributed by atoms with E-state index in [4.69, 9.17) is 9.10 Å². The Morgan fingerprint density at radius 2 is 2.04 bits per heavy atom. The van der Waals surface area contributed by atoms with Crippen molar-refractivity contribution >= 4 is 11.0 Å². The Morgan fingerprint density at radius 3 is 2.88 bits per heavy atom. The van der Waals surface area contributed by atoms with Gasteiger partial charge in [0, 0.05) is 27.7 Å². The molecule has 3 heterocycles. The van der Waals surface area contributed by atoms with Gasteiger partial charge in [0.2, 0.25) is 5.69 Å². The molecule has 0 atom stereocenters. The number of aromatic nitrogens is 3. The Hall–Kier alpha value is -2.94. The van der Waals surface area contributed by atoms with Crippen molar-refractivity contribution in [1.29, 1.82) is 0 Å². The van der Waals surface area contributed by atoms with Crippen molar-refractivity contribution in [3.05, 3.63) is 77.2 Å². The summed E-state index contributed by atoms with van der Waals surface area (Å²) in [6.45, 7) is -0.121. The largest absolute Gasteiger partial charge is 0.295 e. The van der Waals surface area contributed by atoms with Crippen molar-refractivity contribution in [2.45, 2.75) is 20.2 Å². The fourth-order valence-electron chi connectivity index (χ4n) is 3.89. The van der Waals surface area contributed by atoms with Gasteiger partial charge in [0.05, 0.1) is 16.7 Å². The van der Waals surface area contributed by atoms with Crippen LogP contribution in [-0.4, -0.2) is 9.55 Å². The molecule has 0 saturated heterocycles. The van der Waals surface area contributed by atoms with E-state index in [9.17, 15) is 0 Å². The van der Waals surface area contributed by atoms with Gasteiger partial charge < -0.3 is 0 Å². The predicted octanol–water partition coefficient (Wildman–Crippen LogP) is 4.04. The van der Waals surface area contributed by atoms with Crippen molar-refractivity contribution in [3.8, 4) is 16.9 Å². The van der Waals surface area contributed by atoms with Crippen LogP contribution in [0.1, 0.15) is 26.6 Å². The number of aryl methyl sites for hydroxylation is 3. The van der Waals surface area contributed by atoms with Crippen LogP contribution in [-0.2, 0) is 13.5 Å². The zero-order chi connectivity index (χ0) is 19.6. The lowest BCUT2D eigenvalue weighted by Crippen LogP contribution is -2.31. The molecular weight excluding hydrogens is 306 g/mol. The van der Waals surface area contributed by atoms with E-state index in [0.29, 0.717) is 5.56 Å². The Bertz CT molecular complexity index is 1250. The molecule has 0 fully saturated rings. The summed E-state index contributed by atoms with van der Waals surface area (Å²) in [5.41, 5.74) is 7.95. The van der Waals surface area contributed by atoms with Crippen molar-refractivity contribution < 1.29 is 8.68 Å². The maximum atomic E-state index is 7.65. The smallest absolute Gasteiger partial charge is 0.214 e. The van der Waals surface area contributed by atoms with Gasteiger partial charge >= 0.3 is 0 Å². The number of pyridine rings is 1. The summed E-state index contributed by atoms with van der Waals surface area (Å²) in [5.74, 6) is 1.06. The average Bonchev–Trinajstić information content (AvgIpc) is 3.15. The molecule has 1 aliphatic heterocycles. The Morgan fingerprint density at radius 1 is 1.16 bits per heavy atom. The van der Waals surface area contributed by atoms with Crippen molar-refractivity contribution in [2.75, 3.05) is 0 Å². The lowest BCUT2D eigenvalue weighted by Gasteiger charge is -2.09. The van der Waals surface area contributed by atoms with Gasteiger partial charge in [-0.15, -0.1) is 0 Å². The minimum Gasteiger partial charge on any atom is -0.295 e. The highest BCUT2D eigenvalue weighted by Crippen LogP contribution is 2.33. The van der Waals surface area contributed by atoms with Gasteiger partial charge in [-0.3, -0.25) is 4.57 Å². The molecule has 0 amide bonds. The number of rotatable bonds is 1. The Labute approximate surface area is 151 Å². The average molecular weight is 329 g/mol. The predicted molar refractivity (Wildman–Crippen MR) is 100.0 cm³/mol. The van der Waals surface area contributed by atoms with Crippen LogP contribution in [0.5, 0.6) is 0 Å². The number of imidazole rings is 1. The van der Waals surface area contributed by atoms with E-state index in [1.165, 1.54) is 5.56 Å². The Balaban J connectivity index is 1.69. The van der Waals surface area contributed by atoms with Gasteiger partial charge in [-0.05, 0) is 37.5 Å². The molecule has 0 aliphatic carbocycles. The summed E-state index contributed by atoms with van der Waals surface area (Å²) in [4.78, 5) is 4.79. The first kappa shape index (κ1) is 11.6. The van der Waals surface area contributed by atoms with Crippen molar-refractivity contribution in [2.24, 2.45) is 7.05 Å². The molecule has 2 aromatic heterocycles. The van der Waals surface area contributed by atoms with Gasteiger partial charge in [0.15, 0.2) is 6.20 Å². The maximum Gasteiger partial charge on any atom is 0.214 e. The number of hydrogen-bond donors (Lipinski definition) is 0. The zero-order valence-electron chi connectivity index (χ0n) is 17.2. The van der Waals surface area contributed by atoms with Crippen LogP contribution in [0.15, 0.2) is 54.7 Å². The van der Waals surface area contributed by atoms with E-state index in [2.05, 4.69) is 27.5 Å². The first-order valence-corrected chi connectivity index (χ1v) is 8.44.